The number of carbonyl (C=O) groups excluding carboxylic acids is 2. The second-order valence-corrected chi connectivity index (χ2v) is 6.57. The van der Waals surface area contributed by atoms with Crippen LogP contribution in [0.5, 0.6) is 5.75 Å². The lowest BCUT2D eigenvalue weighted by Gasteiger charge is -2.19. The summed E-state index contributed by atoms with van der Waals surface area (Å²) in [6.07, 6.45) is -3.88. The molecule has 1 N–H and O–H groups in total. The van der Waals surface area contributed by atoms with E-state index in [4.69, 9.17) is 4.74 Å². The van der Waals surface area contributed by atoms with Crippen LogP contribution >= 0.6 is 0 Å². The largest absolute Gasteiger partial charge is 0.494 e. The Morgan fingerprint density at radius 1 is 1.21 bits per heavy atom. The first-order valence-electron chi connectivity index (χ1n) is 8.82. The van der Waals surface area contributed by atoms with Gasteiger partial charge in [0.2, 0.25) is 5.91 Å². The Morgan fingerprint density at radius 3 is 2.55 bits per heavy atom. The number of hydrogen-bond donors (Lipinski definition) is 1. The SMILES string of the molecule is COc1ccc(CNC(=O)c2cc(N3CCCC3=O)cc(C(F)(F)F)c2)cc1F. The molecule has 1 heterocycles. The van der Waals surface area contributed by atoms with Crippen molar-refractivity contribution in [3.63, 3.8) is 0 Å². The molecule has 5 nitrogen and oxygen atoms in total. The first-order chi connectivity index (χ1) is 13.7. The molecule has 29 heavy (non-hydrogen) atoms. The summed E-state index contributed by atoms with van der Waals surface area (Å²) in [7, 11) is 1.32. The molecule has 0 atom stereocenters. The molecule has 2 aromatic rings. The lowest BCUT2D eigenvalue weighted by atomic mass is 10.1. The van der Waals surface area contributed by atoms with Gasteiger partial charge in [-0.1, -0.05) is 6.07 Å². The maximum atomic E-state index is 13.7. The number of hydrogen-bond acceptors (Lipinski definition) is 3. The number of nitrogens with zero attached hydrogens (tertiary/aromatic N) is 1. The van der Waals surface area contributed by atoms with Crippen LogP contribution in [0.15, 0.2) is 36.4 Å². The van der Waals surface area contributed by atoms with Gasteiger partial charge in [0, 0.05) is 30.8 Å². The van der Waals surface area contributed by atoms with Crippen LogP contribution in [0.25, 0.3) is 0 Å². The summed E-state index contributed by atoms with van der Waals surface area (Å²) in [6.45, 7) is 0.209. The van der Waals surface area contributed by atoms with E-state index in [0.717, 1.165) is 12.1 Å². The number of rotatable bonds is 5. The molecule has 1 saturated heterocycles. The van der Waals surface area contributed by atoms with Crippen LogP contribution < -0.4 is 15.0 Å². The smallest absolute Gasteiger partial charge is 0.416 e. The Morgan fingerprint density at radius 2 is 1.97 bits per heavy atom. The molecule has 0 aliphatic carbocycles. The summed E-state index contributed by atoms with van der Waals surface area (Å²) in [5, 5.41) is 2.47. The number of benzene rings is 2. The molecule has 2 amide bonds. The first-order valence-corrected chi connectivity index (χ1v) is 8.82. The Kier molecular flexibility index (Phi) is 5.76. The van der Waals surface area contributed by atoms with Gasteiger partial charge >= 0.3 is 6.18 Å². The van der Waals surface area contributed by atoms with E-state index >= 15 is 0 Å². The molecule has 1 aliphatic rings. The minimum Gasteiger partial charge on any atom is -0.494 e. The van der Waals surface area contributed by atoms with Crippen LogP contribution in [-0.4, -0.2) is 25.5 Å². The summed E-state index contributed by atoms with van der Waals surface area (Å²) in [4.78, 5) is 25.6. The van der Waals surface area contributed by atoms with Crippen molar-refractivity contribution >= 4 is 17.5 Å². The summed E-state index contributed by atoms with van der Waals surface area (Å²) < 4.78 is 58.4. The zero-order valence-corrected chi connectivity index (χ0v) is 15.5. The molecule has 1 aliphatic heterocycles. The maximum absolute atomic E-state index is 13.7. The monoisotopic (exact) mass is 410 g/mol. The highest BCUT2D eigenvalue weighted by molar-refractivity contribution is 5.99. The van der Waals surface area contributed by atoms with Gasteiger partial charge in [0.05, 0.1) is 12.7 Å². The van der Waals surface area contributed by atoms with Crippen molar-refractivity contribution in [2.45, 2.75) is 25.6 Å². The summed E-state index contributed by atoms with van der Waals surface area (Å²) in [5.41, 5.74) is -0.805. The van der Waals surface area contributed by atoms with Crippen molar-refractivity contribution in [3.8, 4) is 5.75 Å². The Labute approximate surface area is 164 Å². The fraction of sp³-hybridized carbons (Fsp3) is 0.300. The van der Waals surface area contributed by atoms with Gasteiger partial charge < -0.3 is 15.0 Å². The van der Waals surface area contributed by atoms with Crippen LogP contribution in [0, 0.1) is 5.82 Å². The van der Waals surface area contributed by atoms with E-state index in [1.165, 1.54) is 36.3 Å². The Hall–Kier alpha value is -3.10. The summed E-state index contributed by atoms with van der Waals surface area (Å²) >= 11 is 0. The number of halogens is 4. The molecule has 0 saturated carbocycles. The van der Waals surface area contributed by atoms with Gasteiger partial charge in [-0.05, 0) is 42.3 Å². The number of amides is 2. The molecule has 2 aromatic carbocycles. The van der Waals surface area contributed by atoms with Crippen molar-refractivity contribution < 1.29 is 31.9 Å². The number of carbonyl (C=O) groups is 2. The summed E-state index contributed by atoms with van der Waals surface area (Å²) in [6, 6.07) is 6.93. The predicted molar refractivity (Wildman–Crippen MR) is 97.2 cm³/mol. The van der Waals surface area contributed by atoms with E-state index in [2.05, 4.69) is 5.32 Å². The van der Waals surface area contributed by atoms with Crippen LogP contribution in [0.2, 0.25) is 0 Å². The van der Waals surface area contributed by atoms with Crippen molar-refractivity contribution in [1.82, 2.24) is 5.32 Å². The molecule has 0 bridgehead atoms. The Bertz CT molecular complexity index is 944. The highest BCUT2D eigenvalue weighted by Crippen LogP contribution is 2.34. The average molecular weight is 410 g/mol. The predicted octanol–water partition coefficient (Wildman–Crippen LogP) is 3.91. The third-order valence-corrected chi connectivity index (χ3v) is 4.56. The maximum Gasteiger partial charge on any atom is 0.416 e. The van der Waals surface area contributed by atoms with Gasteiger partial charge in [-0.3, -0.25) is 9.59 Å². The van der Waals surface area contributed by atoms with Gasteiger partial charge in [0.15, 0.2) is 11.6 Å². The number of alkyl halides is 3. The van der Waals surface area contributed by atoms with Crippen LogP contribution in [-0.2, 0) is 17.5 Å². The van der Waals surface area contributed by atoms with Crippen LogP contribution in [0.3, 0.4) is 0 Å². The Balaban J connectivity index is 1.83. The molecule has 0 aromatic heterocycles. The van der Waals surface area contributed by atoms with Gasteiger partial charge in [-0.15, -0.1) is 0 Å². The van der Waals surface area contributed by atoms with Crippen LogP contribution in [0.4, 0.5) is 23.2 Å². The van der Waals surface area contributed by atoms with Crippen molar-refractivity contribution in [2.24, 2.45) is 0 Å². The van der Waals surface area contributed by atoms with Crippen molar-refractivity contribution in [3.05, 3.63) is 58.9 Å². The highest BCUT2D eigenvalue weighted by Gasteiger charge is 2.33. The molecule has 3 rings (SSSR count). The number of methoxy groups -OCH3 is 1. The number of ether oxygens (including phenoxy) is 1. The van der Waals surface area contributed by atoms with Crippen molar-refractivity contribution in [1.29, 1.82) is 0 Å². The molecule has 9 heteroatoms. The molecular weight excluding hydrogens is 392 g/mol. The second-order valence-electron chi connectivity index (χ2n) is 6.57. The normalized spacial score (nSPS) is 14.2. The van der Waals surface area contributed by atoms with E-state index in [1.54, 1.807) is 0 Å². The molecule has 0 radical (unpaired) electrons. The summed E-state index contributed by atoms with van der Waals surface area (Å²) in [5.74, 6) is -1.63. The van der Waals surface area contributed by atoms with E-state index in [1.807, 2.05) is 0 Å². The zero-order valence-electron chi connectivity index (χ0n) is 15.5. The molecule has 154 valence electrons. The minimum atomic E-state index is -4.67. The molecule has 0 spiro atoms. The highest BCUT2D eigenvalue weighted by atomic mass is 19.4. The second kappa shape index (κ2) is 8.10. The van der Waals surface area contributed by atoms with E-state index in [0.29, 0.717) is 18.5 Å². The van der Waals surface area contributed by atoms with E-state index in [-0.39, 0.29) is 35.9 Å². The lowest BCUT2D eigenvalue weighted by Crippen LogP contribution is -2.27. The average Bonchev–Trinajstić information content (AvgIpc) is 3.11. The standard InChI is InChI=1S/C20H18F4N2O3/c1-29-17-5-4-12(7-16(17)21)11-25-19(28)13-8-14(20(22,23)24)10-15(9-13)26-6-2-3-18(26)27/h4-5,7-10H,2-3,6,11H2,1H3,(H,25,28). The van der Waals surface area contributed by atoms with E-state index in [9.17, 15) is 27.2 Å². The zero-order chi connectivity index (χ0) is 21.2. The van der Waals surface area contributed by atoms with Gasteiger partial charge in [-0.25, -0.2) is 4.39 Å². The first kappa shape index (κ1) is 20.6. The quantitative estimate of drug-likeness (QED) is 0.761. The third-order valence-electron chi connectivity index (χ3n) is 4.56. The number of anilines is 1. The fourth-order valence-corrected chi connectivity index (χ4v) is 3.09. The minimum absolute atomic E-state index is 0.0305. The lowest BCUT2D eigenvalue weighted by molar-refractivity contribution is -0.137. The molecule has 1 fully saturated rings. The number of nitrogens with one attached hydrogen (secondary N) is 1. The topological polar surface area (TPSA) is 58.6 Å². The van der Waals surface area contributed by atoms with Gasteiger partial charge in [-0.2, -0.15) is 13.2 Å². The molecular formula is C20H18F4N2O3. The van der Waals surface area contributed by atoms with Gasteiger partial charge in [0.1, 0.15) is 0 Å². The van der Waals surface area contributed by atoms with Crippen molar-refractivity contribution in [2.75, 3.05) is 18.6 Å². The molecule has 0 unspecified atom stereocenters. The van der Waals surface area contributed by atoms with Gasteiger partial charge in [0.25, 0.3) is 5.91 Å². The van der Waals surface area contributed by atoms with E-state index < -0.39 is 23.5 Å². The third kappa shape index (κ3) is 4.67. The van der Waals surface area contributed by atoms with Crippen LogP contribution in [0.1, 0.15) is 34.3 Å². The fourth-order valence-electron chi connectivity index (χ4n) is 3.09.